The highest BCUT2D eigenvalue weighted by Gasteiger charge is 2.15. The maximum Gasteiger partial charge on any atom is 0.273 e. The maximum absolute atomic E-state index is 12.3. The molecule has 0 aliphatic rings. The Morgan fingerprint density at radius 2 is 2.05 bits per heavy atom. The molecule has 0 atom stereocenters. The quantitative estimate of drug-likeness (QED) is 0.885. The lowest BCUT2D eigenvalue weighted by atomic mass is 10.1. The molecule has 6 nitrogen and oxygen atoms in total. The molecule has 1 aromatic heterocycles. The van der Waals surface area contributed by atoms with E-state index in [1.165, 1.54) is 0 Å². The van der Waals surface area contributed by atoms with Crippen LogP contribution in [-0.4, -0.2) is 21.6 Å². The number of nitrogens with two attached hydrogens (primary N) is 1. The van der Waals surface area contributed by atoms with Gasteiger partial charge in [0.25, 0.3) is 11.8 Å². The van der Waals surface area contributed by atoms with Gasteiger partial charge in [-0.2, -0.15) is 5.10 Å². The molecule has 2 aromatic rings. The van der Waals surface area contributed by atoms with Crippen molar-refractivity contribution >= 4 is 17.5 Å². The summed E-state index contributed by atoms with van der Waals surface area (Å²) in [6.07, 6.45) is 0. The highest BCUT2D eigenvalue weighted by atomic mass is 16.2. The van der Waals surface area contributed by atoms with Crippen molar-refractivity contribution < 1.29 is 9.59 Å². The number of benzene rings is 1. The number of anilines is 1. The van der Waals surface area contributed by atoms with Gasteiger partial charge in [-0.15, -0.1) is 0 Å². The molecule has 0 spiro atoms. The van der Waals surface area contributed by atoms with Crippen molar-refractivity contribution in [2.24, 2.45) is 5.73 Å². The number of rotatable bonds is 4. The molecule has 20 heavy (non-hydrogen) atoms. The predicted molar refractivity (Wildman–Crippen MR) is 75.6 cm³/mol. The molecule has 6 heteroatoms. The van der Waals surface area contributed by atoms with Crippen molar-refractivity contribution in [1.82, 2.24) is 9.78 Å². The lowest BCUT2D eigenvalue weighted by Crippen LogP contribution is -2.20. The lowest BCUT2D eigenvalue weighted by molar-refractivity contribution is 0.100. The minimum atomic E-state index is -0.582. The second kappa shape index (κ2) is 5.56. The zero-order chi connectivity index (χ0) is 14.7. The Labute approximate surface area is 116 Å². The molecule has 1 aromatic carbocycles. The highest BCUT2D eigenvalue weighted by molar-refractivity contribution is 6.08. The Morgan fingerprint density at radius 3 is 2.70 bits per heavy atom. The van der Waals surface area contributed by atoms with E-state index in [2.05, 4.69) is 10.4 Å². The standard InChI is InChI=1S/C14H16N4O2/c1-3-18-12(8-9(2)17-18)14(20)16-11-7-5-4-6-10(11)13(15)19/h4-8H,3H2,1-2H3,(H2,15,19)(H,16,20). The van der Waals surface area contributed by atoms with Crippen LogP contribution in [0.4, 0.5) is 5.69 Å². The molecule has 104 valence electrons. The summed E-state index contributed by atoms with van der Waals surface area (Å²) in [5.74, 6) is -0.901. The topological polar surface area (TPSA) is 90.0 Å². The highest BCUT2D eigenvalue weighted by Crippen LogP contribution is 2.16. The summed E-state index contributed by atoms with van der Waals surface area (Å²) in [6.45, 7) is 4.31. The van der Waals surface area contributed by atoms with Gasteiger partial charge in [0, 0.05) is 6.54 Å². The fourth-order valence-electron chi connectivity index (χ4n) is 1.96. The Balaban J connectivity index is 2.30. The number of nitrogens with zero attached hydrogens (tertiary/aromatic N) is 2. The number of aromatic nitrogens is 2. The van der Waals surface area contributed by atoms with E-state index in [9.17, 15) is 9.59 Å². The van der Waals surface area contributed by atoms with E-state index >= 15 is 0 Å². The number of carbonyl (C=O) groups is 2. The minimum Gasteiger partial charge on any atom is -0.366 e. The molecule has 1 heterocycles. The van der Waals surface area contributed by atoms with Crippen molar-refractivity contribution in [3.05, 3.63) is 47.3 Å². The minimum absolute atomic E-state index is 0.278. The first-order valence-corrected chi connectivity index (χ1v) is 6.27. The van der Waals surface area contributed by atoms with Crippen LogP contribution in [0.5, 0.6) is 0 Å². The molecule has 0 radical (unpaired) electrons. The third-order valence-corrected chi connectivity index (χ3v) is 2.88. The summed E-state index contributed by atoms with van der Waals surface area (Å²) in [5, 5.41) is 6.91. The zero-order valence-corrected chi connectivity index (χ0v) is 11.4. The summed E-state index contributed by atoms with van der Waals surface area (Å²) in [5.41, 5.74) is 7.17. The van der Waals surface area contributed by atoms with E-state index in [4.69, 9.17) is 5.73 Å². The fraction of sp³-hybridized carbons (Fsp3) is 0.214. The Hall–Kier alpha value is -2.63. The van der Waals surface area contributed by atoms with Gasteiger partial charge in [-0.25, -0.2) is 0 Å². The van der Waals surface area contributed by atoms with Crippen LogP contribution >= 0.6 is 0 Å². The number of hydrogen-bond acceptors (Lipinski definition) is 3. The summed E-state index contributed by atoms with van der Waals surface area (Å²) < 4.78 is 1.61. The van der Waals surface area contributed by atoms with Crippen LogP contribution in [0.15, 0.2) is 30.3 Å². The predicted octanol–water partition coefficient (Wildman–Crippen LogP) is 1.56. The van der Waals surface area contributed by atoms with Gasteiger partial charge < -0.3 is 11.1 Å². The molecule has 3 N–H and O–H groups in total. The van der Waals surface area contributed by atoms with Gasteiger partial charge in [-0.3, -0.25) is 14.3 Å². The number of aryl methyl sites for hydroxylation is 2. The number of hydrogen-bond donors (Lipinski definition) is 2. The van der Waals surface area contributed by atoms with Crippen molar-refractivity contribution in [2.75, 3.05) is 5.32 Å². The third kappa shape index (κ3) is 2.69. The van der Waals surface area contributed by atoms with Gasteiger partial charge in [-0.05, 0) is 32.0 Å². The molecular weight excluding hydrogens is 256 g/mol. The normalized spacial score (nSPS) is 10.3. The van der Waals surface area contributed by atoms with E-state index in [1.54, 1.807) is 35.0 Å². The summed E-state index contributed by atoms with van der Waals surface area (Å²) in [7, 11) is 0. The van der Waals surface area contributed by atoms with Crippen molar-refractivity contribution in [3.8, 4) is 0 Å². The van der Waals surface area contributed by atoms with E-state index in [0.29, 0.717) is 17.9 Å². The van der Waals surface area contributed by atoms with E-state index in [-0.39, 0.29) is 11.5 Å². The molecule has 2 amide bonds. The summed E-state index contributed by atoms with van der Waals surface area (Å²) in [4.78, 5) is 23.6. The van der Waals surface area contributed by atoms with Crippen LogP contribution in [-0.2, 0) is 6.54 Å². The van der Waals surface area contributed by atoms with Gasteiger partial charge in [0.1, 0.15) is 5.69 Å². The molecule has 0 fully saturated rings. The SMILES string of the molecule is CCn1nc(C)cc1C(=O)Nc1ccccc1C(N)=O. The first-order chi connectivity index (χ1) is 9.52. The summed E-state index contributed by atoms with van der Waals surface area (Å²) in [6, 6.07) is 8.32. The fourth-order valence-corrected chi connectivity index (χ4v) is 1.96. The van der Waals surface area contributed by atoms with Crippen LogP contribution in [0.25, 0.3) is 0 Å². The smallest absolute Gasteiger partial charge is 0.273 e. The number of primary amides is 1. The number of para-hydroxylation sites is 1. The number of nitrogens with one attached hydrogen (secondary N) is 1. The first kappa shape index (κ1) is 13.8. The molecule has 0 unspecified atom stereocenters. The molecule has 0 saturated heterocycles. The third-order valence-electron chi connectivity index (χ3n) is 2.88. The second-order valence-electron chi connectivity index (χ2n) is 4.35. The Bertz CT molecular complexity index is 661. The van der Waals surface area contributed by atoms with Gasteiger partial charge in [-0.1, -0.05) is 12.1 Å². The summed E-state index contributed by atoms with van der Waals surface area (Å²) >= 11 is 0. The van der Waals surface area contributed by atoms with Crippen LogP contribution in [0.2, 0.25) is 0 Å². The van der Waals surface area contributed by atoms with Gasteiger partial charge in [0.15, 0.2) is 0 Å². The van der Waals surface area contributed by atoms with Gasteiger partial charge >= 0.3 is 0 Å². The van der Waals surface area contributed by atoms with E-state index < -0.39 is 5.91 Å². The molecule has 0 saturated carbocycles. The van der Waals surface area contributed by atoms with Crippen LogP contribution in [0, 0.1) is 6.92 Å². The molecular formula is C14H16N4O2. The van der Waals surface area contributed by atoms with E-state index in [0.717, 1.165) is 5.69 Å². The van der Waals surface area contributed by atoms with Gasteiger partial charge in [0.05, 0.1) is 16.9 Å². The van der Waals surface area contributed by atoms with Crippen LogP contribution < -0.4 is 11.1 Å². The van der Waals surface area contributed by atoms with Crippen molar-refractivity contribution in [3.63, 3.8) is 0 Å². The van der Waals surface area contributed by atoms with Crippen molar-refractivity contribution in [2.45, 2.75) is 20.4 Å². The monoisotopic (exact) mass is 272 g/mol. The molecule has 2 rings (SSSR count). The van der Waals surface area contributed by atoms with Crippen molar-refractivity contribution in [1.29, 1.82) is 0 Å². The largest absolute Gasteiger partial charge is 0.366 e. The number of carbonyl (C=O) groups excluding carboxylic acids is 2. The number of amides is 2. The molecule has 0 aliphatic carbocycles. The lowest BCUT2D eigenvalue weighted by Gasteiger charge is -2.09. The van der Waals surface area contributed by atoms with Crippen LogP contribution in [0.1, 0.15) is 33.5 Å². The second-order valence-corrected chi connectivity index (χ2v) is 4.35. The van der Waals surface area contributed by atoms with Crippen LogP contribution in [0.3, 0.4) is 0 Å². The zero-order valence-electron chi connectivity index (χ0n) is 11.4. The average molecular weight is 272 g/mol. The molecule has 0 bridgehead atoms. The van der Waals surface area contributed by atoms with Gasteiger partial charge in [0.2, 0.25) is 0 Å². The molecule has 0 aliphatic heterocycles. The Kier molecular flexibility index (Phi) is 3.84. The van der Waals surface area contributed by atoms with E-state index in [1.807, 2.05) is 13.8 Å². The Morgan fingerprint density at radius 1 is 1.35 bits per heavy atom. The maximum atomic E-state index is 12.3. The average Bonchev–Trinajstić information content (AvgIpc) is 2.80. The first-order valence-electron chi connectivity index (χ1n) is 6.27.